The highest BCUT2D eigenvalue weighted by molar-refractivity contribution is 7.99. The second kappa shape index (κ2) is 5.49. The normalized spacial score (nSPS) is 19.0. The molecule has 1 aliphatic heterocycles. The predicted molar refractivity (Wildman–Crippen MR) is 74.5 cm³/mol. The summed E-state index contributed by atoms with van der Waals surface area (Å²) in [6, 6.07) is 3.37. The lowest BCUT2D eigenvalue weighted by atomic mass is 10.1. The topological polar surface area (TPSA) is 77.2 Å². The van der Waals surface area contributed by atoms with Crippen molar-refractivity contribution < 1.29 is 9.90 Å². The summed E-state index contributed by atoms with van der Waals surface area (Å²) in [5, 5.41) is 18.6. The lowest BCUT2D eigenvalue weighted by Gasteiger charge is -2.35. The number of pyridine rings is 1. The zero-order chi connectivity index (χ0) is 14.0. The number of aryl methyl sites for hydroxylation is 2. The van der Waals surface area contributed by atoms with Gasteiger partial charge in [0.25, 0.3) is 0 Å². The number of rotatable bonds is 2. The van der Waals surface area contributed by atoms with Crippen LogP contribution in [-0.4, -0.2) is 40.2 Å². The number of hydrogen-bond acceptors (Lipinski definition) is 5. The van der Waals surface area contributed by atoms with Gasteiger partial charge in [-0.2, -0.15) is 17.0 Å². The van der Waals surface area contributed by atoms with E-state index in [-0.39, 0.29) is 0 Å². The van der Waals surface area contributed by atoms with Gasteiger partial charge in [-0.25, -0.2) is 4.79 Å². The molecule has 2 rings (SSSR count). The van der Waals surface area contributed by atoms with E-state index < -0.39 is 12.0 Å². The molecule has 2 heterocycles. The lowest BCUT2D eigenvalue weighted by molar-refractivity contribution is -0.138. The molecule has 6 heteroatoms. The number of nitriles is 1. The molecule has 0 aliphatic carbocycles. The first-order valence-corrected chi connectivity index (χ1v) is 7.15. The average molecular weight is 277 g/mol. The van der Waals surface area contributed by atoms with E-state index in [0.717, 1.165) is 11.4 Å². The van der Waals surface area contributed by atoms with Crippen LogP contribution in [0.3, 0.4) is 0 Å². The molecule has 5 nitrogen and oxygen atoms in total. The van der Waals surface area contributed by atoms with Crippen molar-refractivity contribution in [1.82, 2.24) is 4.98 Å². The van der Waals surface area contributed by atoms with E-state index in [1.54, 1.807) is 24.8 Å². The maximum Gasteiger partial charge on any atom is 0.327 e. The van der Waals surface area contributed by atoms with Crippen LogP contribution in [0.1, 0.15) is 17.0 Å². The summed E-state index contributed by atoms with van der Waals surface area (Å²) in [4.78, 5) is 17.4. The SMILES string of the molecule is Cc1cc(N2CCSCC2C(=O)O)c(C#N)c(C)n1. The van der Waals surface area contributed by atoms with Crippen LogP contribution in [0.15, 0.2) is 6.07 Å². The fourth-order valence-electron chi connectivity index (χ4n) is 2.27. The van der Waals surface area contributed by atoms with Crippen LogP contribution in [0.4, 0.5) is 5.69 Å². The first-order valence-electron chi connectivity index (χ1n) is 6.00. The van der Waals surface area contributed by atoms with Crippen molar-refractivity contribution in [2.45, 2.75) is 19.9 Å². The van der Waals surface area contributed by atoms with Gasteiger partial charge in [-0.05, 0) is 19.9 Å². The molecule has 0 radical (unpaired) electrons. The van der Waals surface area contributed by atoms with E-state index >= 15 is 0 Å². The molecule has 0 spiro atoms. The molecule has 1 aromatic rings. The van der Waals surface area contributed by atoms with Gasteiger partial charge in [0.2, 0.25) is 0 Å². The van der Waals surface area contributed by atoms with E-state index in [0.29, 0.717) is 29.2 Å². The molecule has 100 valence electrons. The monoisotopic (exact) mass is 277 g/mol. The molecular formula is C13H15N3O2S. The zero-order valence-electron chi connectivity index (χ0n) is 10.9. The van der Waals surface area contributed by atoms with Gasteiger partial charge in [-0.1, -0.05) is 0 Å². The molecule has 0 aromatic carbocycles. The summed E-state index contributed by atoms with van der Waals surface area (Å²) < 4.78 is 0. The number of nitrogens with zero attached hydrogens (tertiary/aromatic N) is 3. The third-order valence-electron chi connectivity index (χ3n) is 3.14. The van der Waals surface area contributed by atoms with E-state index in [1.807, 2.05) is 11.8 Å². The number of aromatic nitrogens is 1. The van der Waals surface area contributed by atoms with Crippen molar-refractivity contribution in [3.8, 4) is 6.07 Å². The van der Waals surface area contributed by atoms with Crippen LogP contribution in [0.25, 0.3) is 0 Å². The number of carbonyl (C=O) groups is 1. The Morgan fingerprint density at radius 3 is 3.00 bits per heavy atom. The van der Waals surface area contributed by atoms with Crippen LogP contribution in [-0.2, 0) is 4.79 Å². The lowest BCUT2D eigenvalue weighted by Crippen LogP contribution is -2.47. The number of thioether (sulfide) groups is 1. The van der Waals surface area contributed by atoms with Crippen LogP contribution in [0.2, 0.25) is 0 Å². The quantitative estimate of drug-likeness (QED) is 0.884. The van der Waals surface area contributed by atoms with Gasteiger partial charge < -0.3 is 10.0 Å². The minimum absolute atomic E-state index is 0.476. The van der Waals surface area contributed by atoms with Gasteiger partial charge in [0.15, 0.2) is 0 Å². The summed E-state index contributed by atoms with van der Waals surface area (Å²) >= 11 is 1.63. The second-order valence-corrected chi connectivity index (χ2v) is 5.63. The predicted octanol–water partition coefficient (Wildman–Crippen LogP) is 1.58. The van der Waals surface area contributed by atoms with Gasteiger partial charge in [-0.3, -0.25) is 4.98 Å². The Balaban J connectivity index is 2.50. The number of anilines is 1. The van der Waals surface area contributed by atoms with Crippen molar-refractivity contribution in [2.75, 3.05) is 23.0 Å². The van der Waals surface area contributed by atoms with Crippen LogP contribution >= 0.6 is 11.8 Å². The third-order valence-corrected chi connectivity index (χ3v) is 4.17. The Morgan fingerprint density at radius 1 is 1.63 bits per heavy atom. The Bertz CT molecular complexity index is 554. The fourth-order valence-corrected chi connectivity index (χ4v) is 3.31. The Labute approximate surface area is 116 Å². The van der Waals surface area contributed by atoms with Gasteiger partial charge in [0.1, 0.15) is 12.1 Å². The number of hydrogen-bond donors (Lipinski definition) is 1. The van der Waals surface area contributed by atoms with E-state index in [2.05, 4.69) is 11.1 Å². The number of carboxylic acid groups (broad SMARTS) is 1. The van der Waals surface area contributed by atoms with Gasteiger partial charge in [0, 0.05) is 23.7 Å². The van der Waals surface area contributed by atoms with Gasteiger partial charge >= 0.3 is 5.97 Å². The maximum absolute atomic E-state index is 11.4. The highest BCUT2D eigenvalue weighted by Crippen LogP contribution is 2.29. The summed E-state index contributed by atoms with van der Waals surface area (Å²) in [7, 11) is 0. The maximum atomic E-state index is 11.4. The van der Waals surface area contributed by atoms with Crippen molar-refractivity contribution in [1.29, 1.82) is 5.26 Å². The minimum Gasteiger partial charge on any atom is -0.480 e. The Morgan fingerprint density at radius 2 is 2.37 bits per heavy atom. The molecule has 0 saturated carbocycles. The van der Waals surface area contributed by atoms with Crippen molar-refractivity contribution in [3.63, 3.8) is 0 Å². The molecule has 0 bridgehead atoms. The molecule has 19 heavy (non-hydrogen) atoms. The average Bonchev–Trinajstić information content (AvgIpc) is 2.37. The molecule has 1 unspecified atom stereocenters. The largest absolute Gasteiger partial charge is 0.480 e. The van der Waals surface area contributed by atoms with Gasteiger partial charge in [-0.15, -0.1) is 0 Å². The first kappa shape index (κ1) is 13.7. The second-order valence-electron chi connectivity index (χ2n) is 4.48. The number of carboxylic acids is 1. The number of aliphatic carboxylic acids is 1. The minimum atomic E-state index is -0.844. The summed E-state index contributed by atoms with van der Waals surface area (Å²) in [6.07, 6.45) is 0. The standard InChI is InChI=1S/C13H15N3O2S/c1-8-5-11(10(6-14)9(2)15-8)16-3-4-19-7-12(16)13(17)18/h5,12H,3-4,7H2,1-2H3,(H,17,18). The molecule has 1 aliphatic rings. The fraction of sp³-hybridized carbons (Fsp3) is 0.462. The molecule has 1 N–H and O–H groups in total. The van der Waals surface area contributed by atoms with E-state index in [4.69, 9.17) is 0 Å². The Kier molecular flexibility index (Phi) is 3.96. The van der Waals surface area contributed by atoms with Crippen molar-refractivity contribution >= 4 is 23.4 Å². The van der Waals surface area contributed by atoms with E-state index in [9.17, 15) is 15.2 Å². The van der Waals surface area contributed by atoms with Crippen LogP contribution in [0, 0.1) is 25.2 Å². The van der Waals surface area contributed by atoms with Gasteiger partial charge in [0.05, 0.1) is 16.9 Å². The third kappa shape index (κ3) is 2.66. The van der Waals surface area contributed by atoms with Crippen molar-refractivity contribution in [3.05, 3.63) is 23.0 Å². The Hall–Kier alpha value is -1.74. The molecule has 1 saturated heterocycles. The summed E-state index contributed by atoms with van der Waals surface area (Å²) in [6.45, 7) is 4.27. The van der Waals surface area contributed by atoms with E-state index in [1.165, 1.54) is 0 Å². The highest BCUT2D eigenvalue weighted by Gasteiger charge is 2.31. The molecule has 0 amide bonds. The van der Waals surface area contributed by atoms with Crippen LogP contribution < -0.4 is 4.90 Å². The molecular weight excluding hydrogens is 262 g/mol. The highest BCUT2D eigenvalue weighted by atomic mass is 32.2. The zero-order valence-corrected chi connectivity index (χ0v) is 11.7. The summed E-state index contributed by atoms with van der Waals surface area (Å²) in [5.41, 5.74) is 2.62. The molecule has 1 fully saturated rings. The van der Waals surface area contributed by atoms with Crippen molar-refractivity contribution in [2.24, 2.45) is 0 Å². The smallest absolute Gasteiger partial charge is 0.327 e. The van der Waals surface area contributed by atoms with Crippen LogP contribution in [0.5, 0.6) is 0 Å². The molecule has 1 aromatic heterocycles. The first-order chi connectivity index (χ1) is 9.04. The summed E-state index contributed by atoms with van der Waals surface area (Å²) in [5.74, 6) is 0.568. The molecule has 1 atom stereocenters.